The van der Waals surface area contributed by atoms with Crippen LogP contribution in [0, 0.1) is 0 Å². The van der Waals surface area contributed by atoms with Gasteiger partial charge in [0.2, 0.25) is 0 Å². The largest absolute Gasteiger partial charge is 0.417 e. The molecular weight excluding hydrogens is 413 g/mol. The van der Waals surface area contributed by atoms with Crippen molar-refractivity contribution in [2.24, 2.45) is 0 Å². The Labute approximate surface area is 166 Å². The molecule has 3 aromatic rings. The van der Waals surface area contributed by atoms with Crippen LogP contribution in [0.1, 0.15) is 15.9 Å². The van der Waals surface area contributed by atoms with Gasteiger partial charge in [0, 0.05) is 18.6 Å². The molecule has 29 heavy (non-hydrogen) atoms. The van der Waals surface area contributed by atoms with E-state index in [4.69, 9.17) is 17.3 Å². The minimum atomic E-state index is -4.58. The summed E-state index contributed by atoms with van der Waals surface area (Å²) in [7, 11) is 0. The number of nitrogens with two attached hydrogens (primary N) is 1. The molecule has 1 amide bonds. The summed E-state index contributed by atoms with van der Waals surface area (Å²) in [6.07, 6.45) is 0.0530. The lowest BCUT2D eigenvalue weighted by Crippen LogP contribution is -2.30. The number of alkyl halides is 3. The number of pyridine rings is 2. The highest BCUT2D eigenvalue weighted by atomic mass is 35.5. The second-order valence-corrected chi connectivity index (χ2v) is 5.89. The first kappa shape index (κ1) is 20.1. The highest BCUT2D eigenvalue weighted by Crippen LogP contribution is 2.34. The molecule has 0 fully saturated rings. The van der Waals surface area contributed by atoms with Crippen molar-refractivity contribution in [3.8, 4) is 0 Å². The Morgan fingerprint density at radius 2 is 1.86 bits per heavy atom. The Morgan fingerprint density at radius 3 is 2.52 bits per heavy atom. The summed E-state index contributed by atoms with van der Waals surface area (Å²) < 4.78 is 38.1. The third-order valence-electron chi connectivity index (χ3n) is 3.51. The fourth-order valence-corrected chi connectivity index (χ4v) is 2.29. The monoisotopic (exact) mass is 424 g/mol. The Morgan fingerprint density at radius 1 is 1.10 bits per heavy atom. The number of rotatable bonds is 5. The van der Waals surface area contributed by atoms with Crippen LogP contribution in [0.15, 0.2) is 43.1 Å². The van der Waals surface area contributed by atoms with E-state index in [1.165, 1.54) is 12.4 Å². The van der Waals surface area contributed by atoms with Crippen LogP contribution in [-0.2, 0) is 6.18 Å². The molecule has 3 rings (SSSR count). The zero-order valence-electron chi connectivity index (χ0n) is 14.3. The zero-order chi connectivity index (χ0) is 21.0. The summed E-state index contributed by atoms with van der Waals surface area (Å²) >= 11 is 5.86. The first-order valence-electron chi connectivity index (χ1n) is 7.82. The van der Waals surface area contributed by atoms with Gasteiger partial charge in [-0.3, -0.25) is 20.6 Å². The summed E-state index contributed by atoms with van der Waals surface area (Å²) in [6.45, 7) is 0. The van der Waals surface area contributed by atoms with E-state index in [0.717, 1.165) is 12.4 Å². The summed E-state index contributed by atoms with van der Waals surface area (Å²) in [6, 6.07) is 3.87. The van der Waals surface area contributed by atoms with Gasteiger partial charge in [-0.25, -0.2) is 15.0 Å². The van der Waals surface area contributed by atoms with E-state index in [1.807, 2.05) is 0 Å². The first-order chi connectivity index (χ1) is 13.8. The van der Waals surface area contributed by atoms with Crippen molar-refractivity contribution >= 4 is 40.6 Å². The minimum Gasteiger partial charge on any atom is -0.393 e. The number of anilines is 4. The van der Waals surface area contributed by atoms with E-state index in [9.17, 15) is 18.0 Å². The number of nitrogens with zero attached hydrogens (tertiary/aromatic N) is 4. The van der Waals surface area contributed by atoms with Gasteiger partial charge in [0.25, 0.3) is 5.91 Å². The van der Waals surface area contributed by atoms with Gasteiger partial charge in [-0.1, -0.05) is 11.6 Å². The van der Waals surface area contributed by atoms with Crippen molar-refractivity contribution in [2.75, 3.05) is 16.5 Å². The molecule has 3 heterocycles. The normalized spacial score (nSPS) is 11.0. The van der Waals surface area contributed by atoms with E-state index in [2.05, 4.69) is 36.1 Å². The molecule has 0 bridgehead atoms. The maximum atomic E-state index is 12.7. The molecule has 0 atom stereocenters. The number of carbonyl (C=O) groups excluding carboxylic acids is 1. The van der Waals surface area contributed by atoms with E-state index < -0.39 is 17.6 Å². The molecule has 3 aromatic heterocycles. The average molecular weight is 425 g/mol. The van der Waals surface area contributed by atoms with E-state index in [1.54, 1.807) is 12.1 Å². The fraction of sp³-hybridized carbons (Fsp3) is 0.0625. The molecular formula is C16H12ClF3N8O. The Balaban J connectivity index is 1.74. The Bertz CT molecular complexity index is 1030. The number of amides is 1. The van der Waals surface area contributed by atoms with Crippen LogP contribution in [0.4, 0.5) is 36.3 Å². The predicted octanol–water partition coefficient (Wildman–Crippen LogP) is 3.02. The lowest BCUT2D eigenvalue weighted by atomic mass is 10.2. The second-order valence-electron chi connectivity index (χ2n) is 5.48. The third-order valence-corrected chi connectivity index (χ3v) is 3.80. The first-order valence-corrected chi connectivity index (χ1v) is 8.20. The third kappa shape index (κ3) is 4.79. The predicted molar refractivity (Wildman–Crippen MR) is 99.3 cm³/mol. The van der Waals surface area contributed by atoms with Crippen molar-refractivity contribution in [1.82, 2.24) is 25.4 Å². The van der Waals surface area contributed by atoms with Crippen LogP contribution < -0.4 is 21.9 Å². The molecule has 0 spiro atoms. The highest BCUT2D eigenvalue weighted by Gasteiger charge is 2.31. The fourth-order valence-electron chi connectivity index (χ4n) is 2.08. The number of aromatic nitrogens is 4. The van der Waals surface area contributed by atoms with E-state index in [-0.39, 0.29) is 28.2 Å². The van der Waals surface area contributed by atoms with Gasteiger partial charge in [0.1, 0.15) is 17.8 Å². The van der Waals surface area contributed by atoms with Gasteiger partial charge < -0.3 is 11.1 Å². The average Bonchev–Trinajstić information content (AvgIpc) is 2.69. The molecule has 13 heteroatoms. The summed E-state index contributed by atoms with van der Waals surface area (Å²) in [5.41, 5.74) is 10.1. The number of carbonyl (C=O) groups is 1. The zero-order valence-corrected chi connectivity index (χ0v) is 15.1. The van der Waals surface area contributed by atoms with Gasteiger partial charge >= 0.3 is 6.18 Å². The quantitative estimate of drug-likeness (QED) is 0.460. The molecule has 5 N–H and O–H groups in total. The molecule has 0 aliphatic carbocycles. The van der Waals surface area contributed by atoms with Crippen LogP contribution in [0.2, 0.25) is 5.02 Å². The van der Waals surface area contributed by atoms with Gasteiger partial charge in [-0.15, -0.1) is 0 Å². The number of nitrogens with one attached hydrogen (secondary N) is 3. The van der Waals surface area contributed by atoms with Crippen molar-refractivity contribution in [2.45, 2.75) is 6.18 Å². The summed E-state index contributed by atoms with van der Waals surface area (Å²) in [5, 5.41) is 2.35. The molecule has 150 valence electrons. The van der Waals surface area contributed by atoms with Crippen LogP contribution in [0.25, 0.3) is 0 Å². The van der Waals surface area contributed by atoms with Gasteiger partial charge in [-0.05, 0) is 18.2 Å². The number of halogens is 4. The topological polar surface area (TPSA) is 131 Å². The molecule has 0 aliphatic heterocycles. The summed E-state index contributed by atoms with van der Waals surface area (Å²) in [4.78, 5) is 27.3. The molecule has 0 saturated heterocycles. The molecule has 0 aromatic carbocycles. The van der Waals surface area contributed by atoms with Crippen LogP contribution >= 0.6 is 11.6 Å². The SMILES string of the molecule is Nc1c(NNC(=O)c2cccnc2)ncnc1Nc1ncc(C(F)(F)F)cc1Cl. The van der Waals surface area contributed by atoms with Gasteiger partial charge in [-0.2, -0.15) is 13.2 Å². The Kier molecular flexibility index (Phi) is 5.64. The maximum Gasteiger partial charge on any atom is 0.417 e. The second kappa shape index (κ2) is 8.14. The van der Waals surface area contributed by atoms with Crippen molar-refractivity contribution < 1.29 is 18.0 Å². The molecule has 0 unspecified atom stereocenters. The molecule has 0 radical (unpaired) electrons. The molecule has 9 nitrogen and oxygen atoms in total. The lowest BCUT2D eigenvalue weighted by molar-refractivity contribution is -0.137. The van der Waals surface area contributed by atoms with Crippen molar-refractivity contribution in [3.63, 3.8) is 0 Å². The number of nitrogen functional groups attached to an aromatic ring is 1. The van der Waals surface area contributed by atoms with Crippen molar-refractivity contribution in [1.29, 1.82) is 0 Å². The Hall–Kier alpha value is -3.67. The smallest absolute Gasteiger partial charge is 0.393 e. The molecule has 0 aliphatic rings. The van der Waals surface area contributed by atoms with E-state index in [0.29, 0.717) is 11.8 Å². The number of hydrogen-bond acceptors (Lipinski definition) is 8. The lowest BCUT2D eigenvalue weighted by Gasteiger charge is -2.14. The van der Waals surface area contributed by atoms with Gasteiger partial charge in [0.15, 0.2) is 11.6 Å². The van der Waals surface area contributed by atoms with Crippen LogP contribution in [0.5, 0.6) is 0 Å². The van der Waals surface area contributed by atoms with Crippen molar-refractivity contribution in [3.05, 3.63) is 59.3 Å². The minimum absolute atomic E-state index is 0.0206. The summed E-state index contributed by atoms with van der Waals surface area (Å²) in [5.74, 6) is -0.511. The highest BCUT2D eigenvalue weighted by molar-refractivity contribution is 6.33. The van der Waals surface area contributed by atoms with Gasteiger partial charge in [0.05, 0.1) is 16.1 Å². The van der Waals surface area contributed by atoms with Crippen LogP contribution in [-0.4, -0.2) is 25.8 Å². The molecule has 0 saturated carbocycles. The van der Waals surface area contributed by atoms with Crippen LogP contribution in [0.3, 0.4) is 0 Å². The standard InChI is InChI=1S/C16H12ClF3N8O/c17-10-4-9(16(18,19)20)6-23-12(10)26-13-11(21)14(25-7-24-13)27-28-15(29)8-2-1-3-22-5-8/h1-7H,21H2,(H,28,29)(H2,23,24,25,26,27). The van der Waals surface area contributed by atoms with E-state index >= 15 is 0 Å². The maximum absolute atomic E-state index is 12.7. The number of hydrogen-bond donors (Lipinski definition) is 4. The number of hydrazine groups is 1.